The predicted octanol–water partition coefficient (Wildman–Crippen LogP) is 3.32. The maximum Gasteiger partial charge on any atom is 0.191 e. The van der Waals surface area contributed by atoms with Crippen LogP contribution in [0.15, 0.2) is 62.6 Å². The first kappa shape index (κ1) is 15.2. The van der Waals surface area contributed by atoms with Gasteiger partial charge in [-0.3, -0.25) is 0 Å². The molecule has 0 atom stereocenters. The van der Waals surface area contributed by atoms with Gasteiger partial charge in [0, 0.05) is 24.9 Å². The molecule has 5 heteroatoms. The molecule has 0 saturated carbocycles. The molecule has 0 amide bonds. The minimum absolute atomic E-state index is 0.505. The second-order valence-corrected chi connectivity index (χ2v) is 5.20. The van der Waals surface area contributed by atoms with E-state index in [1.54, 1.807) is 6.26 Å². The summed E-state index contributed by atoms with van der Waals surface area (Å²) in [6.45, 7) is 4.13. The number of nitrogens with one attached hydrogen (secondary N) is 2. The third-order valence-electron chi connectivity index (χ3n) is 3.46. The van der Waals surface area contributed by atoms with Crippen molar-refractivity contribution in [2.75, 3.05) is 13.1 Å². The van der Waals surface area contributed by atoms with Gasteiger partial charge in [-0.15, -0.1) is 0 Å². The number of fused-ring (bicyclic) bond motifs is 1. The van der Waals surface area contributed by atoms with Gasteiger partial charge in [-0.2, -0.15) is 0 Å². The van der Waals surface area contributed by atoms with E-state index in [0.29, 0.717) is 6.54 Å². The van der Waals surface area contributed by atoms with Crippen LogP contribution in [0.25, 0.3) is 11.0 Å². The zero-order valence-corrected chi connectivity index (χ0v) is 13.2. The number of aliphatic imine (C=N–C) groups is 1. The first-order valence-electron chi connectivity index (χ1n) is 7.87. The van der Waals surface area contributed by atoms with Crippen LogP contribution < -0.4 is 10.6 Å². The largest absolute Gasteiger partial charge is 0.469 e. The minimum Gasteiger partial charge on any atom is -0.469 e. The van der Waals surface area contributed by atoms with Crippen LogP contribution in [-0.4, -0.2) is 19.0 Å². The number of hydrogen-bond donors (Lipinski definition) is 2. The molecule has 0 spiro atoms. The fourth-order valence-corrected chi connectivity index (χ4v) is 2.37. The highest BCUT2D eigenvalue weighted by atomic mass is 16.3. The average Bonchev–Trinajstić information content (AvgIpc) is 3.21. The molecule has 0 saturated heterocycles. The van der Waals surface area contributed by atoms with E-state index in [0.717, 1.165) is 48.0 Å². The zero-order chi connectivity index (χ0) is 15.9. The van der Waals surface area contributed by atoms with Gasteiger partial charge in [-0.25, -0.2) is 4.99 Å². The molecule has 5 nitrogen and oxygen atoms in total. The molecular formula is C18H21N3O2. The second-order valence-electron chi connectivity index (χ2n) is 5.20. The van der Waals surface area contributed by atoms with Crippen LogP contribution in [0, 0.1) is 0 Å². The van der Waals surface area contributed by atoms with Gasteiger partial charge in [0.2, 0.25) is 0 Å². The Hall–Kier alpha value is -2.69. The molecule has 1 aromatic carbocycles. The van der Waals surface area contributed by atoms with Crippen molar-refractivity contribution in [3.8, 4) is 0 Å². The summed E-state index contributed by atoms with van der Waals surface area (Å²) in [7, 11) is 0. The van der Waals surface area contributed by atoms with Gasteiger partial charge in [0.25, 0.3) is 0 Å². The standard InChI is InChI=1S/C18H21N3O2/c1-2-19-18(20-10-9-15-7-5-11-22-15)21-13-16-12-14-6-3-4-8-17(14)23-16/h3-8,11-12H,2,9-10,13H2,1H3,(H2,19,20,21). The van der Waals surface area contributed by atoms with Crippen LogP contribution in [-0.2, 0) is 13.0 Å². The number of guanidine groups is 1. The lowest BCUT2D eigenvalue weighted by Gasteiger charge is -2.10. The Kier molecular flexibility index (Phi) is 4.99. The number of hydrogen-bond acceptors (Lipinski definition) is 3. The number of furan rings is 2. The normalized spacial score (nSPS) is 11.8. The van der Waals surface area contributed by atoms with Crippen molar-refractivity contribution in [2.24, 2.45) is 4.99 Å². The zero-order valence-electron chi connectivity index (χ0n) is 13.2. The summed E-state index contributed by atoms with van der Waals surface area (Å²) in [6, 6.07) is 13.9. The molecule has 2 aromatic heterocycles. The van der Waals surface area contributed by atoms with Gasteiger partial charge < -0.3 is 19.5 Å². The summed E-state index contributed by atoms with van der Waals surface area (Å²) in [4.78, 5) is 4.57. The highest BCUT2D eigenvalue weighted by molar-refractivity contribution is 5.80. The van der Waals surface area contributed by atoms with Gasteiger partial charge in [0.1, 0.15) is 23.6 Å². The van der Waals surface area contributed by atoms with Gasteiger partial charge in [-0.05, 0) is 31.2 Å². The lowest BCUT2D eigenvalue weighted by atomic mass is 10.2. The number of para-hydroxylation sites is 1. The number of rotatable bonds is 6. The Labute approximate surface area is 135 Å². The van der Waals surface area contributed by atoms with Crippen molar-refractivity contribution in [3.63, 3.8) is 0 Å². The fourth-order valence-electron chi connectivity index (χ4n) is 2.37. The lowest BCUT2D eigenvalue weighted by Crippen LogP contribution is -2.38. The topological polar surface area (TPSA) is 62.7 Å². The molecule has 3 aromatic rings. The van der Waals surface area contributed by atoms with Crippen molar-refractivity contribution in [2.45, 2.75) is 19.9 Å². The molecule has 120 valence electrons. The number of benzene rings is 1. The summed E-state index contributed by atoms with van der Waals surface area (Å²) in [5.41, 5.74) is 0.897. The van der Waals surface area contributed by atoms with Crippen LogP contribution in [0.2, 0.25) is 0 Å². The molecule has 0 aliphatic heterocycles. The van der Waals surface area contributed by atoms with E-state index in [4.69, 9.17) is 8.83 Å². The summed E-state index contributed by atoms with van der Waals surface area (Å²) < 4.78 is 11.1. The van der Waals surface area contributed by atoms with Crippen molar-refractivity contribution in [1.82, 2.24) is 10.6 Å². The van der Waals surface area contributed by atoms with E-state index in [1.807, 2.05) is 49.4 Å². The third kappa shape index (κ3) is 4.16. The third-order valence-corrected chi connectivity index (χ3v) is 3.46. The van der Waals surface area contributed by atoms with E-state index in [1.165, 1.54) is 0 Å². The van der Waals surface area contributed by atoms with Crippen molar-refractivity contribution in [1.29, 1.82) is 0 Å². The molecule has 0 aliphatic rings. The molecule has 0 fully saturated rings. The molecule has 23 heavy (non-hydrogen) atoms. The van der Waals surface area contributed by atoms with Gasteiger partial charge in [-0.1, -0.05) is 18.2 Å². The Morgan fingerprint density at radius 1 is 1.09 bits per heavy atom. The van der Waals surface area contributed by atoms with Gasteiger partial charge in [0.15, 0.2) is 5.96 Å². The fraction of sp³-hybridized carbons (Fsp3) is 0.278. The maximum absolute atomic E-state index is 5.78. The van der Waals surface area contributed by atoms with Crippen LogP contribution >= 0.6 is 0 Å². The lowest BCUT2D eigenvalue weighted by molar-refractivity contribution is 0.506. The van der Waals surface area contributed by atoms with Gasteiger partial charge in [0.05, 0.1) is 6.26 Å². The monoisotopic (exact) mass is 311 g/mol. The van der Waals surface area contributed by atoms with Crippen LogP contribution in [0.5, 0.6) is 0 Å². The molecule has 2 N–H and O–H groups in total. The Morgan fingerprint density at radius 2 is 2.00 bits per heavy atom. The molecule has 0 bridgehead atoms. The summed E-state index contributed by atoms with van der Waals surface area (Å²) in [6.07, 6.45) is 2.51. The summed E-state index contributed by atoms with van der Waals surface area (Å²) in [5, 5.41) is 7.64. The maximum atomic E-state index is 5.78. The van der Waals surface area contributed by atoms with Crippen molar-refractivity contribution in [3.05, 3.63) is 60.2 Å². The predicted molar refractivity (Wildman–Crippen MR) is 91.4 cm³/mol. The molecular weight excluding hydrogens is 290 g/mol. The molecule has 3 rings (SSSR count). The highest BCUT2D eigenvalue weighted by Gasteiger charge is 2.03. The Morgan fingerprint density at radius 3 is 2.78 bits per heavy atom. The van der Waals surface area contributed by atoms with Crippen LogP contribution in [0.3, 0.4) is 0 Å². The van der Waals surface area contributed by atoms with Crippen LogP contribution in [0.4, 0.5) is 0 Å². The quantitative estimate of drug-likeness (QED) is 0.541. The van der Waals surface area contributed by atoms with Gasteiger partial charge >= 0.3 is 0 Å². The Bertz CT molecular complexity index is 727. The molecule has 0 unspecified atom stereocenters. The first-order valence-corrected chi connectivity index (χ1v) is 7.87. The van der Waals surface area contributed by atoms with Crippen molar-refractivity contribution < 1.29 is 8.83 Å². The molecule has 0 aliphatic carbocycles. The van der Waals surface area contributed by atoms with E-state index < -0.39 is 0 Å². The second kappa shape index (κ2) is 7.54. The number of nitrogens with zero attached hydrogens (tertiary/aromatic N) is 1. The SMILES string of the molecule is CCNC(=NCc1cc2ccccc2o1)NCCc1ccco1. The first-order chi connectivity index (χ1) is 11.3. The van der Waals surface area contributed by atoms with Crippen molar-refractivity contribution >= 4 is 16.9 Å². The highest BCUT2D eigenvalue weighted by Crippen LogP contribution is 2.19. The average molecular weight is 311 g/mol. The smallest absolute Gasteiger partial charge is 0.191 e. The van der Waals surface area contributed by atoms with E-state index in [9.17, 15) is 0 Å². The van der Waals surface area contributed by atoms with E-state index in [2.05, 4.69) is 15.6 Å². The Balaban J connectivity index is 1.59. The van der Waals surface area contributed by atoms with E-state index >= 15 is 0 Å². The summed E-state index contributed by atoms with van der Waals surface area (Å²) in [5.74, 6) is 2.60. The molecule has 0 radical (unpaired) electrons. The van der Waals surface area contributed by atoms with E-state index in [-0.39, 0.29) is 0 Å². The molecule has 2 heterocycles. The summed E-state index contributed by atoms with van der Waals surface area (Å²) >= 11 is 0. The minimum atomic E-state index is 0.505. The van der Waals surface area contributed by atoms with Crippen LogP contribution in [0.1, 0.15) is 18.4 Å².